The Morgan fingerprint density at radius 2 is 1.71 bits per heavy atom. The molecule has 1 aromatic rings. The van der Waals surface area contributed by atoms with Crippen LogP contribution in [0.3, 0.4) is 0 Å². The lowest BCUT2D eigenvalue weighted by molar-refractivity contribution is 0.0873. The van der Waals surface area contributed by atoms with E-state index < -0.39 is 0 Å². The first-order chi connectivity index (χ1) is 9.71. The second-order valence-electron chi connectivity index (χ2n) is 7.37. The number of rotatable bonds is 3. The first-order valence-electron chi connectivity index (χ1n) is 7.60. The molecule has 4 nitrogen and oxygen atoms in total. The smallest absolute Gasteiger partial charge is 0.251 e. The van der Waals surface area contributed by atoms with Crippen molar-refractivity contribution in [3.8, 4) is 0 Å². The van der Waals surface area contributed by atoms with E-state index in [9.17, 15) is 4.79 Å². The summed E-state index contributed by atoms with van der Waals surface area (Å²) in [4.78, 5) is 12.4. The van der Waals surface area contributed by atoms with Gasteiger partial charge in [-0.25, -0.2) is 0 Å². The van der Waals surface area contributed by atoms with E-state index in [4.69, 9.17) is 5.73 Å². The van der Waals surface area contributed by atoms with Crippen molar-refractivity contribution in [2.45, 2.75) is 64.2 Å². The minimum atomic E-state index is -0.00271. The number of amides is 1. The predicted molar refractivity (Wildman–Crippen MR) is 86.1 cm³/mol. The number of hydrogen-bond donors (Lipinski definition) is 3. The van der Waals surface area contributed by atoms with Gasteiger partial charge in [0, 0.05) is 29.2 Å². The van der Waals surface area contributed by atoms with E-state index >= 15 is 0 Å². The highest BCUT2D eigenvalue weighted by Gasteiger charge is 2.38. The Morgan fingerprint density at radius 1 is 1.19 bits per heavy atom. The summed E-state index contributed by atoms with van der Waals surface area (Å²) in [5, 5.41) is 6.80. The fraction of sp³-hybridized carbons (Fsp3) is 0.588. The molecule has 0 saturated carbocycles. The molecular formula is C17H27N3O. The van der Waals surface area contributed by atoms with Crippen molar-refractivity contribution in [2.75, 3.05) is 0 Å². The number of hydrogen-bond acceptors (Lipinski definition) is 3. The largest absolute Gasteiger partial charge is 0.349 e. The molecule has 0 bridgehead atoms. The van der Waals surface area contributed by atoms with Crippen molar-refractivity contribution in [2.24, 2.45) is 5.73 Å². The van der Waals surface area contributed by atoms with Crippen LogP contribution in [0.25, 0.3) is 0 Å². The van der Waals surface area contributed by atoms with Crippen LogP contribution in [0, 0.1) is 0 Å². The minimum absolute atomic E-state index is 0.00271. The van der Waals surface area contributed by atoms with Crippen molar-refractivity contribution >= 4 is 5.91 Å². The monoisotopic (exact) mass is 289 g/mol. The number of nitrogens with one attached hydrogen (secondary N) is 2. The van der Waals surface area contributed by atoms with Gasteiger partial charge in [0.1, 0.15) is 0 Å². The van der Waals surface area contributed by atoms with Gasteiger partial charge >= 0.3 is 0 Å². The summed E-state index contributed by atoms with van der Waals surface area (Å²) in [5.74, 6) is -0.00271. The van der Waals surface area contributed by atoms with E-state index in [1.165, 1.54) is 0 Å². The molecule has 1 aliphatic heterocycles. The fourth-order valence-corrected chi connectivity index (χ4v) is 3.49. The quantitative estimate of drug-likeness (QED) is 0.799. The maximum atomic E-state index is 12.4. The molecule has 0 unspecified atom stereocenters. The van der Waals surface area contributed by atoms with Gasteiger partial charge in [-0.1, -0.05) is 12.1 Å². The summed E-state index contributed by atoms with van der Waals surface area (Å²) in [6, 6.07) is 7.69. The van der Waals surface area contributed by atoms with Gasteiger partial charge in [0.2, 0.25) is 0 Å². The van der Waals surface area contributed by atoms with E-state index in [1.807, 2.05) is 24.3 Å². The van der Waals surface area contributed by atoms with Crippen LogP contribution >= 0.6 is 0 Å². The summed E-state index contributed by atoms with van der Waals surface area (Å²) >= 11 is 0. The second kappa shape index (κ2) is 5.78. The molecule has 21 heavy (non-hydrogen) atoms. The first kappa shape index (κ1) is 16.0. The molecule has 1 saturated heterocycles. The van der Waals surface area contributed by atoms with Crippen molar-refractivity contribution in [3.63, 3.8) is 0 Å². The maximum absolute atomic E-state index is 12.4. The topological polar surface area (TPSA) is 67.2 Å². The molecule has 4 heteroatoms. The SMILES string of the molecule is CC1(C)CC(NC(=O)c2ccc(CN)cc2)CC(C)(C)N1. The maximum Gasteiger partial charge on any atom is 0.251 e. The standard InChI is InChI=1S/C17H27N3O/c1-16(2)9-14(10-17(3,4)20-16)19-15(21)13-7-5-12(11-18)6-8-13/h5-8,14,20H,9-11,18H2,1-4H3,(H,19,21). The Labute approximate surface area is 127 Å². The molecule has 0 aromatic heterocycles. The van der Waals surface area contributed by atoms with Crippen LogP contribution in [0.4, 0.5) is 0 Å². The Bertz CT molecular complexity index is 489. The van der Waals surface area contributed by atoms with Gasteiger partial charge in [0.25, 0.3) is 5.91 Å². The molecule has 1 heterocycles. The van der Waals surface area contributed by atoms with Crippen molar-refractivity contribution in [1.82, 2.24) is 10.6 Å². The lowest BCUT2D eigenvalue weighted by Gasteiger charge is -2.46. The molecule has 0 aliphatic carbocycles. The van der Waals surface area contributed by atoms with E-state index in [0.717, 1.165) is 18.4 Å². The van der Waals surface area contributed by atoms with E-state index in [-0.39, 0.29) is 23.0 Å². The normalized spacial score (nSPS) is 21.0. The van der Waals surface area contributed by atoms with Gasteiger partial charge in [-0.15, -0.1) is 0 Å². The average molecular weight is 289 g/mol. The summed E-state index contributed by atoms with van der Waals surface area (Å²) in [5.41, 5.74) is 7.37. The van der Waals surface area contributed by atoms with Crippen LogP contribution in [-0.2, 0) is 6.54 Å². The van der Waals surface area contributed by atoms with Gasteiger partial charge in [-0.2, -0.15) is 0 Å². The van der Waals surface area contributed by atoms with Gasteiger partial charge in [0.05, 0.1) is 0 Å². The first-order valence-corrected chi connectivity index (χ1v) is 7.60. The lowest BCUT2D eigenvalue weighted by Crippen LogP contribution is -2.62. The van der Waals surface area contributed by atoms with Crippen molar-refractivity contribution in [3.05, 3.63) is 35.4 Å². The highest BCUT2D eigenvalue weighted by Crippen LogP contribution is 2.28. The number of carbonyl (C=O) groups is 1. The Hall–Kier alpha value is -1.39. The molecule has 116 valence electrons. The highest BCUT2D eigenvalue weighted by atomic mass is 16.1. The molecule has 1 amide bonds. The minimum Gasteiger partial charge on any atom is -0.349 e. The van der Waals surface area contributed by atoms with Crippen LogP contribution in [-0.4, -0.2) is 23.0 Å². The number of carbonyl (C=O) groups excluding carboxylic acids is 1. The summed E-state index contributed by atoms with van der Waals surface area (Å²) < 4.78 is 0. The van der Waals surface area contributed by atoms with Crippen molar-refractivity contribution in [1.29, 1.82) is 0 Å². The van der Waals surface area contributed by atoms with Crippen LogP contribution in [0.5, 0.6) is 0 Å². The second-order valence-corrected chi connectivity index (χ2v) is 7.37. The van der Waals surface area contributed by atoms with Crippen LogP contribution in [0.1, 0.15) is 56.5 Å². The molecule has 2 rings (SSSR count). The van der Waals surface area contributed by atoms with Crippen LogP contribution in [0.15, 0.2) is 24.3 Å². The van der Waals surface area contributed by atoms with Gasteiger partial charge in [0.15, 0.2) is 0 Å². The number of nitrogens with two attached hydrogens (primary N) is 1. The molecule has 0 atom stereocenters. The third-order valence-corrected chi connectivity index (χ3v) is 3.98. The molecule has 1 fully saturated rings. The lowest BCUT2D eigenvalue weighted by atomic mass is 9.79. The number of piperidine rings is 1. The van der Waals surface area contributed by atoms with E-state index in [0.29, 0.717) is 12.1 Å². The molecule has 0 radical (unpaired) electrons. The highest BCUT2D eigenvalue weighted by molar-refractivity contribution is 5.94. The zero-order valence-corrected chi connectivity index (χ0v) is 13.5. The molecule has 4 N–H and O–H groups in total. The van der Waals surface area contributed by atoms with Gasteiger partial charge in [-0.05, 0) is 58.2 Å². The zero-order chi connectivity index (χ0) is 15.7. The Kier molecular flexibility index (Phi) is 4.40. The fourth-order valence-electron chi connectivity index (χ4n) is 3.49. The van der Waals surface area contributed by atoms with Gasteiger partial charge in [-0.3, -0.25) is 4.79 Å². The molecule has 0 spiro atoms. The number of benzene rings is 1. The average Bonchev–Trinajstić information content (AvgIpc) is 2.35. The van der Waals surface area contributed by atoms with Crippen molar-refractivity contribution < 1.29 is 4.79 Å². The van der Waals surface area contributed by atoms with E-state index in [1.54, 1.807) is 0 Å². The molecular weight excluding hydrogens is 262 g/mol. The Morgan fingerprint density at radius 3 is 2.19 bits per heavy atom. The van der Waals surface area contributed by atoms with Crippen LogP contribution in [0.2, 0.25) is 0 Å². The molecule has 1 aromatic carbocycles. The third kappa shape index (κ3) is 4.29. The van der Waals surface area contributed by atoms with E-state index in [2.05, 4.69) is 38.3 Å². The summed E-state index contributed by atoms with van der Waals surface area (Å²) in [6.45, 7) is 9.23. The van der Waals surface area contributed by atoms with Gasteiger partial charge < -0.3 is 16.4 Å². The molecule has 1 aliphatic rings. The summed E-state index contributed by atoms with van der Waals surface area (Å²) in [6.07, 6.45) is 1.87. The zero-order valence-electron chi connectivity index (χ0n) is 13.5. The third-order valence-electron chi connectivity index (χ3n) is 3.98. The predicted octanol–water partition coefficient (Wildman–Crippen LogP) is 2.18. The summed E-state index contributed by atoms with van der Waals surface area (Å²) in [7, 11) is 0. The van der Waals surface area contributed by atoms with Crippen LogP contribution < -0.4 is 16.4 Å². The Balaban J connectivity index is 2.04.